The van der Waals surface area contributed by atoms with Crippen LogP contribution in [0.25, 0.3) is 0 Å². The second-order valence-electron chi connectivity index (χ2n) is 7.93. The molecule has 1 fully saturated rings. The molecular weight excluding hydrogens is 288 g/mol. The highest BCUT2D eigenvalue weighted by Crippen LogP contribution is 2.36. The zero-order valence-corrected chi connectivity index (χ0v) is 14.7. The smallest absolute Gasteiger partial charge is 0.226 e. The molecule has 126 valence electrons. The van der Waals surface area contributed by atoms with Crippen molar-refractivity contribution in [1.29, 1.82) is 0 Å². The van der Waals surface area contributed by atoms with Gasteiger partial charge in [0.15, 0.2) is 0 Å². The Morgan fingerprint density at radius 3 is 2.87 bits per heavy atom. The van der Waals surface area contributed by atoms with Gasteiger partial charge in [0, 0.05) is 26.6 Å². The van der Waals surface area contributed by atoms with Crippen LogP contribution < -0.4 is 10.1 Å². The molecule has 1 saturated heterocycles. The van der Waals surface area contributed by atoms with E-state index in [1.54, 1.807) is 7.05 Å². The minimum absolute atomic E-state index is 0.0934. The lowest BCUT2D eigenvalue weighted by molar-refractivity contribution is -0.132. The third kappa shape index (κ3) is 3.37. The van der Waals surface area contributed by atoms with E-state index in [-0.39, 0.29) is 16.9 Å². The molecule has 2 heterocycles. The summed E-state index contributed by atoms with van der Waals surface area (Å²) >= 11 is 0. The van der Waals surface area contributed by atoms with E-state index < -0.39 is 0 Å². The van der Waals surface area contributed by atoms with E-state index in [2.05, 4.69) is 49.2 Å². The van der Waals surface area contributed by atoms with Crippen LogP contribution in [0.1, 0.15) is 44.7 Å². The second kappa shape index (κ2) is 5.82. The molecule has 1 amide bonds. The molecule has 1 aromatic rings. The minimum Gasteiger partial charge on any atom is -0.487 e. The molecule has 4 heteroatoms. The Hall–Kier alpha value is -1.55. The quantitative estimate of drug-likeness (QED) is 0.932. The van der Waals surface area contributed by atoms with Gasteiger partial charge in [-0.3, -0.25) is 9.69 Å². The van der Waals surface area contributed by atoms with Crippen molar-refractivity contribution in [2.24, 2.45) is 5.41 Å². The van der Waals surface area contributed by atoms with E-state index in [0.29, 0.717) is 0 Å². The van der Waals surface area contributed by atoms with E-state index in [9.17, 15) is 4.79 Å². The van der Waals surface area contributed by atoms with Gasteiger partial charge >= 0.3 is 0 Å². The largest absolute Gasteiger partial charge is 0.487 e. The molecule has 0 spiro atoms. The van der Waals surface area contributed by atoms with Gasteiger partial charge in [0.2, 0.25) is 5.91 Å². The van der Waals surface area contributed by atoms with Gasteiger partial charge in [-0.05, 0) is 57.4 Å². The maximum Gasteiger partial charge on any atom is 0.226 e. The zero-order chi connectivity index (χ0) is 16.7. The van der Waals surface area contributed by atoms with Gasteiger partial charge < -0.3 is 10.1 Å². The highest BCUT2D eigenvalue weighted by molar-refractivity contribution is 5.82. The van der Waals surface area contributed by atoms with Gasteiger partial charge in [-0.15, -0.1) is 0 Å². The Morgan fingerprint density at radius 1 is 1.35 bits per heavy atom. The third-order valence-electron chi connectivity index (χ3n) is 5.08. The van der Waals surface area contributed by atoms with Crippen molar-refractivity contribution in [3.05, 3.63) is 29.3 Å². The minimum atomic E-state index is -0.269. The molecule has 0 radical (unpaired) electrons. The normalized spacial score (nSPS) is 26.4. The van der Waals surface area contributed by atoms with Crippen LogP contribution >= 0.6 is 0 Å². The summed E-state index contributed by atoms with van der Waals surface area (Å²) < 4.78 is 5.95. The van der Waals surface area contributed by atoms with E-state index in [0.717, 1.165) is 44.6 Å². The molecule has 2 aliphatic heterocycles. The molecule has 3 rings (SSSR count). The summed E-state index contributed by atoms with van der Waals surface area (Å²) in [4.78, 5) is 14.6. The molecule has 1 atom stereocenters. The predicted octanol–water partition coefficient (Wildman–Crippen LogP) is 2.75. The lowest BCUT2D eigenvalue weighted by Gasteiger charge is -2.39. The SMILES string of the molecule is CNC(=O)[C@]1(C)CCCN(Cc2ccc3c(c2)CC(C)(C)O3)C1. The summed E-state index contributed by atoms with van der Waals surface area (Å²) in [6, 6.07) is 6.53. The topological polar surface area (TPSA) is 41.6 Å². The van der Waals surface area contributed by atoms with Crippen LogP contribution in [0, 0.1) is 5.41 Å². The number of ether oxygens (including phenoxy) is 1. The van der Waals surface area contributed by atoms with Crippen molar-refractivity contribution in [3.8, 4) is 5.75 Å². The highest BCUT2D eigenvalue weighted by atomic mass is 16.5. The first kappa shape index (κ1) is 16.3. The van der Waals surface area contributed by atoms with Crippen LogP contribution in [0.4, 0.5) is 0 Å². The summed E-state index contributed by atoms with van der Waals surface area (Å²) in [6.07, 6.45) is 3.01. The Morgan fingerprint density at radius 2 is 2.13 bits per heavy atom. The van der Waals surface area contributed by atoms with Crippen LogP contribution in [0.3, 0.4) is 0 Å². The molecule has 0 saturated carbocycles. The number of nitrogens with one attached hydrogen (secondary N) is 1. The van der Waals surface area contributed by atoms with Crippen molar-refractivity contribution in [2.75, 3.05) is 20.1 Å². The van der Waals surface area contributed by atoms with E-state index >= 15 is 0 Å². The molecule has 2 aliphatic rings. The molecule has 0 aromatic heterocycles. The van der Waals surface area contributed by atoms with Crippen molar-refractivity contribution in [3.63, 3.8) is 0 Å². The van der Waals surface area contributed by atoms with E-state index in [1.165, 1.54) is 11.1 Å². The molecule has 1 N–H and O–H groups in total. The number of piperidine rings is 1. The highest BCUT2D eigenvalue weighted by Gasteiger charge is 2.37. The maximum atomic E-state index is 12.2. The number of fused-ring (bicyclic) bond motifs is 1. The summed E-state index contributed by atoms with van der Waals surface area (Å²) in [7, 11) is 1.73. The first-order valence-electron chi connectivity index (χ1n) is 8.57. The lowest BCUT2D eigenvalue weighted by Crippen LogP contribution is -2.49. The Bertz CT molecular complexity index is 611. The van der Waals surface area contributed by atoms with Crippen LogP contribution in [-0.4, -0.2) is 36.5 Å². The van der Waals surface area contributed by atoms with Crippen molar-refractivity contribution < 1.29 is 9.53 Å². The van der Waals surface area contributed by atoms with Crippen molar-refractivity contribution >= 4 is 5.91 Å². The number of hydrogen-bond acceptors (Lipinski definition) is 3. The number of carbonyl (C=O) groups is 1. The van der Waals surface area contributed by atoms with Gasteiger partial charge in [-0.1, -0.05) is 12.1 Å². The number of rotatable bonds is 3. The molecule has 23 heavy (non-hydrogen) atoms. The number of nitrogens with zero attached hydrogens (tertiary/aromatic N) is 1. The average Bonchev–Trinajstić information content (AvgIpc) is 2.79. The Kier molecular flexibility index (Phi) is 4.13. The van der Waals surface area contributed by atoms with Gasteiger partial charge in [0.25, 0.3) is 0 Å². The summed E-state index contributed by atoms with van der Waals surface area (Å²) in [5.74, 6) is 1.18. The van der Waals surface area contributed by atoms with Gasteiger partial charge in [-0.2, -0.15) is 0 Å². The standard InChI is InChI=1S/C19H28N2O2/c1-18(2)11-15-10-14(6-7-16(15)23-18)12-21-9-5-8-19(3,13-21)17(22)20-4/h6-7,10H,5,8-9,11-13H2,1-4H3,(H,20,22)/t19-/m1/s1. The molecule has 4 nitrogen and oxygen atoms in total. The van der Waals surface area contributed by atoms with Crippen LogP contribution in [0.5, 0.6) is 5.75 Å². The van der Waals surface area contributed by atoms with Crippen molar-refractivity contribution in [1.82, 2.24) is 10.2 Å². The number of hydrogen-bond donors (Lipinski definition) is 1. The molecule has 0 bridgehead atoms. The fourth-order valence-electron chi connectivity index (χ4n) is 3.99. The summed E-state index contributed by atoms with van der Waals surface area (Å²) in [5, 5.41) is 2.82. The maximum absolute atomic E-state index is 12.2. The van der Waals surface area contributed by atoms with Gasteiger partial charge in [0.1, 0.15) is 11.4 Å². The van der Waals surface area contributed by atoms with Crippen LogP contribution in [-0.2, 0) is 17.8 Å². The van der Waals surface area contributed by atoms with E-state index in [4.69, 9.17) is 4.74 Å². The van der Waals surface area contributed by atoms with Crippen molar-refractivity contribution in [2.45, 2.75) is 52.2 Å². The first-order chi connectivity index (χ1) is 10.8. The monoisotopic (exact) mass is 316 g/mol. The molecule has 0 unspecified atom stereocenters. The Labute approximate surface area is 139 Å². The second-order valence-corrected chi connectivity index (χ2v) is 7.93. The van der Waals surface area contributed by atoms with Gasteiger partial charge in [0.05, 0.1) is 5.41 Å². The number of benzene rings is 1. The van der Waals surface area contributed by atoms with Crippen LogP contribution in [0.15, 0.2) is 18.2 Å². The first-order valence-corrected chi connectivity index (χ1v) is 8.57. The number of likely N-dealkylation sites (tertiary alicyclic amines) is 1. The molecule has 0 aliphatic carbocycles. The lowest BCUT2D eigenvalue weighted by atomic mass is 9.81. The third-order valence-corrected chi connectivity index (χ3v) is 5.08. The van der Waals surface area contributed by atoms with Gasteiger partial charge in [-0.25, -0.2) is 0 Å². The average molecular weight is 316 g/mol. The van der Waals surface area contributed by atoms with E-state index in [1.807, 2.05) is 0 Å². The summed E-state index contributed by atoms with van der Waals surface area (Å²) in [6.45, 7) is 9.13. The Balaban J connectivity index is 1.70. The summed E-state index contributed by atoms with van der Waals surface area (Å²) in [5.41, 5.74) is 2.25. The fraction of sp³-hybridized carbons (Fsp3) is 0.632. The molecule has 1 aromatic carbocycles. The fourth-order valence-corrected chi connectivity index (χ4v) is 3.99. The number of carbonyl (C=O) groups excluding carboxylic acids is 1. The number of amides is 1. The molecular formula is C19H28N2O2. The predicted molar refractivity (Wildman–Crippen MR) is 91.5 cm³/mol. The van der Waals surface area contributed by atoms with Crippen LogP contribution in [0.2, 0.25) is 0 Å². The zero-order valence-electron chi connectivity index (χ0n) is 14.7.